The highest BCUT2D eigenvalue weighted by Crippen LogP contribution is 2.34. The molecule has 4 aromatic carbocycles. The largest absolute Gasteiger partial charge is 0.507 e. The van der Waals surface area contributed by atoms with Crippen molar-refractivity contribution in [2.24, 2.45) is 5.10 Å². The fourth-order valence-corrected chi connectivity index (χ4v) is 4.48. The number of phenols is 1. The molecule has 0 unspecified atom stereocenters. The van der Waals surface area contributed by atoms with Gasteiger partial charge >= 0.3 is 0 Å². The maximum atomic E-state index is 12.6. The molecule has 9 heteroatoms. The van der Waals surface area contributed by atoms with E-state index in [-0.39, 0.29) is 17.9 Å². The molecule has 4 rings (SSSR count). The first-order valence-corrected chi connectivity index (χ1v) is 12.2. The number of ether oxygens (including phenoxy) is 2. The number of fused-ring (bicyclic) bond motifs is 1. The number of aromatic hydroxyl groups is 1. The summed E-state index contributed by atoms with van der Waals surface area (Å²) in [6.45, 7) is 0.280. The number of methoxy groups -OCH3 is 1. The van der Waals surface area contributed by atoms with Gasteiger partial charge in [0.05, 0.1) is 32.5 Å². The molecular weight excluding hydrogens is 602 g/mol. The highest BCUT2D eigenvalue weighted by Gasteiger charge is 2.14. The van der Waals surface area contributed by atoms with Crippen molar-refractivity contribution in [2.45, 2.75) is 6.61 Å². The Bertz CT molecular complexity index is 1440. The Morgan fingerprint density at radius 2 is 1.80 bits per heavy atom. The summed E-state index contributed by atoms with van der Waals surface area (Å²) < 4.78 is 12.3. The third kappa shape index (κ3) is 5.98. The van der Waals surface area contributed by atoms with Gasteiger partial charge < -0.3 is 14.6 Å². The van der Waals surface area contributed by atoms with Gasteiger partial charge in [-0.1, -0.05) is 53.5 Å². The van der Waals surface area contributed by atoms with Crippen LogP contribution in [0.3, 0.4) is 0 Å². The molecule has 0 bridgehead atoms. The summed E-state index contributed by atoms with van der Waals surface area (Å²) in [5.74, 6) is 0.446. The van der Waals surface area contributed by atoms with Gasteiger partial charge in [-0.05, 0) is 80.9 Å². The van der Waals surface area contributed by atoms with Crippen LogP contribution in [-0.4, -0.2) is 24.3 Å². The Morgan fingerprint density at radius 1 is 1.06 bits per heavy atom. The molecular formula is C26H19Cl2IN2O4. The highest BCUT2D eigenvalue weighted by atomic mass is 127. The van der Waals surface area contributed by atoms with E-state index in [9.17, 15) is 9.90 Å². The maximum absolute atomic E-state index is 12.6. The second kappa shape index (κ2) is 11.2. The fourth-order valence-electron chi connectivity index (χ4n) is 3.38. The fraction of sp³-hybridized carbons (Fsp3) is 0.0769. The molecule has 35 heavy (non-hydrogen) atoms. The van der Waals surface area contributed by atoms with E-state index in [2.05, 4.69) is 33.1 Å². The van der Waals surface area contributed by atoms with Gasteiger partial charge in [-0.15, -0.1) is 0 Å². The summed E-state index contributed by atoms with van der Waals surface area (Å²) >= 11 is 14.2. The number of hydrogen-bond donors (Lipinski definition) is 2. The molecule has 0 saturated carbocycles. The zero-order valence-electron chi connectivity index (χ0n) is 18.4. The van der Waals surface area contributed by atoms with Gasteiger partial charge in [-0.2, -0.15) is 5.10 Å². The lowest BCUT2D eigenvalue weighted by Gasteiger charge is -2.14. The third-order valence-electron chi connectivity index (χ3n) is 5.11. The van der Waals surface area contributed by atoms with Crippen LogP contribution in [0.5, 0.6) is 17.2 Å². The molecule has 0 saturated heterocycles. The third-order valence-corrected chi connectivity index (χ3v) is 6.65. The van der Waals surface area contributed by atoms with Crippen molar-refractivity contribution in [3.63, 3.8) is 0 Å². The molecule has 1 amide bonds. The Labute approximate surface area is 225 Å². The number of carbonyl (C=O) groups is 1. The van der Waals surface area contributed by atoms with Crippen LogP contribution in [0, 0.1) is 3.57 Å². The quantitative estimate of drug-likeness (QED) is 0.135. The molecule has 178 valence electrons. The molecule has 0 heterocycles. The predicted octanol–water partition coefficient (Wildman–Crippen LogP) is 6.81. The summed E-state index contributed by atoms with van der Waals surface area (Å²) in [6.07, 6.45) is 1.49. The van der Waals surface area contributed by atoms with E-state index in [0.717, 1.165) is 19.9 Å². The van der Waals surface area contributed by atoms with Gasteiger partial charge in [0.15, 0.2) is 11.5 Å². The van der Waals surface area contributed by atoms with Crippen LogP contribution >= 0.6 is 45.8 Å². The molecule has 0 aliphatic rings. The van der Waals surface area contributed by atoms with Crippen molar-refractivity contribution in [1.82, 2.24) is 5.43 Å². The number of nitrogens with zero attached hydrogens (tertiary/aromatic N) is 1. The van der Waals surface area contributed by atoms with Crippen molar-refractivity contribution >= 4 is 68.7 Å². The smallest absolute Gasteiger partial charge is 0.275 e. The van der Waals surface area contributed by atoms with Gasteiger partial charge in [0.1, 0.15) is 12.4 Å². The van der Waals surface area contributed by atoms with Crippen LogP contribution in [0.1, 0.15) is 21.5 Å². The second-order valence-electron chi connectivity index (χ2n) is 7.49. The highest BCUT2D eigenvalue weighted by molar-refractivity contribution is 14.1. The van der Waals surface area contributed by atoms with E-state index >= 15 is 0 Å². The first-order chi connectivity index (χ1) is 16.9. The van der Waals surface area contributed by atoms with Crippen LogP contribution in [0.15, 0.2) is 71.8 Å². The zero-order valence-corrected chi connectivity index (χ0v) is 22.1. The number of hydrazone groups is 1. The molecule has 4 aromatic rings. The molecule has 0 spiro atoms. The Kier molecular flexibility index (Phi) is 8.00. The number of amides is 1. The number of hydrogen-bond acceptors (Lipinski definition) is 5. The van der Waals surface area contributed by atoms with Gasteiger partial charge in [-0.25, -0.2) is 5.43 Å². The monoisotopic (exact) mass is 620 g/mol. The average Bonchev–Trinajstić information content (AvgIpc) is 2.84. The molecule has 0 aliphatic carbocycles. The Morgan fingerprint density at radius 3 is 2.51 bits per heavy atom. The van der Waals surface area contributed by atoms with Crippen LogP contribution in [0.4, 0.5) is 0 Å². The number of phenolic OH excluding ortho intramolecular Hbond substituents is 1. The molecule has 0 atom stereocenters. The van der Waals surface area contributed by atoms with Gasteiger partial charge in [0.2, 0.25) is 0 Å². The van der Waals surface area contributed by atoms with Crippen LogP contribution < -0.4 is 14.9 Å². The number of rotatable bonds is 7. The number of carbonyl (C=O) groups excluding carboxylic acids is 1. The lowest BCUT2D eigenvalue weighted by atomic mass is 10.1. The van der Waals surface area contributed by atoms with Crippen LogP contribution in [0.25, 0.3) is 10.8 Å². The first kappa shape index (κ1) is 25.1. The minimum absolute atomic E-state index is 0.115. The van der Waals surface area contributed by atoms with Crippen molar-refractivity contribution < 1.29 is 19.4 Å². The standard InChI is InChI=1S/C26H19Cl2IN2O4/c1-34-24-10-16(9-22(29)25(24)35-14-15-6-7-20(27)21(28)8-15)13-30-31-26(33)19-11-17-4-2-3-5-18(17)12-23(19)32/h2-13,32H,14H2,1H3,(H,31,33). The summed E-state index contributed by atoms with van der Waals surface area (Å²) in [4.78, 5) is 12.6. The maximum Gasteiger partial charge on any atom is 0.275 e. The number of nitrogens with one attached hydrogen (secondary N) is 1. The van der Waals surface area contributed by atoms with Crippen molar-refractivity contribution in [1.29, 1.82) is 0 Å². The average molecular weight is 621 g/mol. The van der Waals surface area contributed by atoms with E-state index in [4.69, 9.17) is 32.7 Å². The summed E-state index contributed by atoms with van der Waals surface area (Å²) in [7, 11) is 1.54. The van der Waals surface area contributed by atoms with Gasteiger partial charge in [0, 0.05) is 0 Å². The summed E-state index contributed by atoms with van der Waals surface area (Å²) in [5, 5.41) is 16.9. The minimum atomic E-state index is -0.521. The molecule has 0 aromatic heterocycles. The lowest BCUT2D eigenvalue weighted by Crippen LogP contribution is -2.17. The number of halogens is 3. The van der Waals surface area contributed by atoms with Crippen LogP contribution in [0.2, 0.25) is 10.0 Å². The van der Waals surface area contributed by atoms with Crippen LogP contribution in [-0.2, 0) is 6.61 Å². The number of benzene rings is 4. The Balaban J connectivity index is 1.47. The zero-order chi connectivity index (χ0) is 24.9. The van der Waals surface area contributed by atoms with E-state index in [1.165, 1.54) is 6.21 Å². The normalized spacial score (nSPS) is 11.1. The molecule has 0 radical (unpaired) electrons. The molecule has 0 aliphatic heterocycles. The minimum Gasteiger partial charge on any atom is -0.507 e. The van der Waals surface area contributed by atoms with E-state index < -0.39 is 5.91 Å². The molecule has 6 nitrogen and oxygen atoms in total. The van der Waals surface area contributed by atoms with E-state index in [0.29, 0.717) is 27.1 Å². The van der Waals surface area contributed by atoms with Crippen molar-refractivity contribution in [3.05, 3.63) is 97.0 Å². The summed E-state index contributed by atoms with van der Waals surface area (Å²) in [5.41, 5.74) is 4.15. The Hall–Kier alpha value is -3.01. The summed E-state index contributed by atoms with van der Waals surface area (Å²) in [6, 6.07) is 19.5. The van der Waals surface area contributed by atoms with Gasteiger partial charge in [0.25, 0.3) is 5.91 Å². The molecule has 2 N–H and O–H groups in total. The van der Waals surface area contributed by atoms with Gasteiger partial charge in [-0.3, -0.25) is 4.79 Å². The SMILES string of the molecule is COc1cc(C=NNC(=O)c2cc3ccccc3cc2O)cc(I)c1OCc1ccc(Cl)c(Cl)c1. The predicted molar refractivity (Wildman–Crippen MR) is 147 cm³/mol. The van der Waals surface area contributed by atoms with Crippen molar-refractivity contribution in [3.8, 4) is 17.2 Å². The topological polar surface area (TPSA) is 80.2 Å². The first-order valence-electron chi connectivity index (χ1n) is 10.3. The van der Waals surface area contributed by atoms with E-state index in [1.54, 1.807) is 37.4 Å². The molecule has 0 fully saturated rings. The van der Waals surface area contributed by atoms with E-state index in [1.807, 2.05) is 36.4 Å². The lowest BCUT2D eigenvalue weighted by molar-refractivity contribution is 0.0952. The second-order valence-corrected chi connectivity index (χ2v) is 9.46. The van der Waals surface area contributed by atoms with Crippen molar-refractivity contribution in [2.75, 3.05) is 7.11 Å².